The molecule has 0 bridgehead atoms. The highest BCUT2D eigenvalue weighted by molar-refractivity contribution is 5.87. The van der Waals surface area contributed by atoms with E-state index in [1.54, 1.807) is 0 Å². The maximum atomic E-state index is 11.1. The highest BCUT2D eigenvalue weighted by Gasteiger charge is 2.29. The summed E-state index contributed by atoms with van der Waals surface area (Å²) < 4.78 is 1.89. The second-order valence-corrected chi connectivity index (χ2v) is 4.97. The van der Waals surface area contributed by atoms with E-state index in [4.69, 9.17) is 5.11 Å². The minimum absolute atomic E-state index is 0.0212. The second kappa shape index (κ2) is 4.49. The van der Waals surface area contributed by atoms with Crippen molar-refractivity contribution in [3.63, 3.8) is 0 Å². The van der Waals surface area contributed by atoms with Crippen LogP contribution in [0.3, 0.4) is 0 Å². The molecule has 1 aromatic rings. The van der Waals surface area contributed by atoms with Crippen LogP contribution in [0, 0.1) is 5.92 Å². The number of carbonyl (C=O) groups is 1. The van der Waals surface area contributed by atoms with Gasteiger partial charge in [0.1, 0.15) is 5.82 Å². The molecule has 1 unspecified atom stereocenters. The Morgan fingerprint density at radius 3 is 2.88 bits per heavy atom. The van der Waals surface area contributed by atoms with Crippen LogP contribution < -0.4 is 0 Å². The zero-order chi connectivity index (χ0) is 12.6. The number of rotatable bonds is 3. The maximum absolute atomic E-state index is 11.1. The molecule has 2 N–H and O–H groups in total. The van der Waals surface area contributed by atoms with E-state index in [0.29, 0.717) is 18.0 Å². The number of nitrogens with zero attached hydrogens (tertiary/aromatic N) is 2. The van der Waals surface area contributed by atoms with Crippen molar-refractivity contribution in [2.24, 2.45) is 5.92 Å². The van der Waals surface area contributed by atoms with E-state index in [9.17, 15) is 9.90 Å². The zero-order valence-corrected chi connectivity index (χ0v) is 10.2. The van der Waals surface area contributed by atoms with Gasteiger partial charge in [-0.1, -0.05) is 13.8 Å². The number of carboxylic acid groups (broad SMARTS) is 1. The molecule has 1 aliphatic heterocycles. The van der Waals surface area contributed by atoms with Gasteiger partial charge in [0.25, 0.3) is 0 Å². The molecule has 1 aliphatic rings. The number of aromatic nitrogens is 2. The minimum Gasteiger partial charge on any atom is -0.476 e. The number of aliphatic hydroxyl groups excluding tert-OH is 1. The first-order valence-corrected chi connectivity index (χ1v) is 6.01. The summed E-state index contributed by atoms with van der Waals surface area (Å²) in [7, 11) is 0. The standard InChI is InChI=1S/C12H18N2O3/c1-7(2)6-9-13-10(12(16)17)11-8(15)4-3-5-14(9)11/h7-8,15H,3-6H2,1-2H3,(H,16,17). The van der Waals surface area contributed by atoms with Crippen molar-refractivity contribution < 1.29 is 15.0 Å². The van der Waals surface area contributed by atoms with E-state index >= 15 is 0 Å². The molecule has 0 aliphatic carbocycles. The zero-order valence-electron chi connectivity index (χ0n) is 10.2. The van der Waals surface area contributed by atoms with Crippen LogP contribution in [0.5, 0.6) is 0 Å². The lowest BCUT2D eigenvalue weighted by Crippen LogP contribution is -2.19. The molecule has 94 valence electrons. The van der Waals surface area contributed by atoms with E-state index in [0.717, 1.165) is 25.2 Å². The Bertz CT molecular complexity index is 437. The number of hydrogen-bond acceptors (Lipinski definition) is 3. The summed E-state index contributed by atoms with van der Waals surface area (Å²) >= 11 is 0. The van der Waals surface area contributed by atoms with Crippen LogP contribution in [0.4, 0.5) is 0 Å². The molecule has 1 atom stereocenters. The fraction of sp³-hybridized carbons (Fsp3) is 0.667. The predicted molar refractivity (Wildman–Crippen MR) is 61.9 cm³/mol. The first-order chi connectivity index (χ1) is 8.00. The maximum Gasteiger partial charge on any atom is 0.356 e. The van der Waals surface area contributed by atoms with Crippen LogP contribution in [0.1, 0.15) is 54.8 Å². The Morgan fingerprint density at radius 2 is 2.29 bits per heavy atom. The Hall–Kier alpha value is -1.36. The van der Waals surface area contributed by atoms with Crippen molar-refractivity contribution in [3.05, 3.63) is 17.2 Å². The van der Waals surface area contributed by atoms with Crippen molar-refractivity contribution in [1.29, 1.82) is 0 Å². The van der Waals surface area contributed by atoms with Gasteiger partial charge in [0.15, 0.2) is 5.69 Å². The third kappa shape index (κ3) is 2.20. The fourth-order valence-electron chi connectivity index (χ4n) is 2.36. The van der Waals surface area contributed by atoms with Gasteiger partial charge < -0.3 is 14.8 Å². The Kier molecular flexibility index (Phi) is 3.19. The number of hydrogen-bond donors (Lipinski definition) is 2. The Labute approximate surface area is 100 Å². The van der Waals surface area contributed by atoms with E-state index in [2.05, 4.69) is 18.8 Å². The number of aromatic carboxylic acids is 1. The molecule has 1 aromatic heterocycles. The van der Waals surface area contributed by atoms with Crippen molar-refractivity contribution in [2.75, 3.05) is 0 Å². The van der Waals surface area contributed by atoms with Crippen LogP contribution in [0.25, 0.3) is 0 Å². The molecule has 0 radical (unpaired) electrons. The molecule has 17 heavy (non-hydrogen) atoms. The van der Waals surface area contributed by atoms with Crippen molar-refractivity contribution >= 4 is 5.97 Å². The highest BCUT2D eigenvalue weighted by atomic mass is 16.4. The van der Waals surface area contributed by atoms with Gasteiger partial charge in [0.05, 0.1) is 11.8 Å². The number of imidazole rings is 1. The number of aliphatic hydroxyl groups is 1. The normalized spacial score (nSPS) is 19.4. The van der Waals surface area contributed by atoms with Gasteiger partial charge in [0, 0.05) is 13.0 Å². The third-order valence-electron chi connectivity index (χ3n) is 3.05. The molecule has 0 amide bonds. The number of carboxylic acids is 1. The van der Waals surface area contributed by atoms with Crippen LogP contribution in [0.2, 0.25) is 0 Å². The molecule has 2 rings (SSSR count). The van der Waals surface area contributed by atoms with Gasteiger partial charge in [0.2, 0.25) is 0 Å². The first-order valence-electron chi connectivity index (χ1n) is 6.01. The predicted octanol–water partition coefficient (Wildman–Crippen LogP) is 1.61. The quantitative estimate of drug-likeness (QED) is 0.838. The van der Waals surface area contributed by atoms with Crippen molar-refractivity contribution in [2.45, 2.75) is 45.8 Å². The molecule has 5 nitrogen and oxygen atoms in total. The van der Waals surface area contributed by atoms with Gasteiger partial charge in [-0.15, -0.1) is 0 Å². The van der Waals surface area contributed by atoms with Crippen LogP contribution in [-0.2, 0) is 13.0 Å². The summed E-state index contributed by atoms with van der Waals surface area (Å²) in [5, 5.41) is 19.0. The van der Waals surface area contributed by atoms with E-state index in [1.807, 2.05) is 4.57 Å². The van der Waals surface area contributed by atoms with E-state index in [-0.39, 0.29) is 5.69 Å². The van der Waals surface area contributed by atoms with Gasteiger partial charge >= 0.3 is 5.97 Å². The second-order valence-electron chi connectivity index (χ2n) is 4.97. The summed E-state index contributed by atoms with van der Waals surface area (Å²) in [4.78, 5) is 15.3. The Morgan fingerprint density at radius 1 is 1.59 bits per heavy atom. The van der Waals surface area contributed by atoms with Crippen molar-refractivity contribution in [3.8, 4) is 0 Å². The van der Waals surface area contributed by atoms with Crippen LogP contribution in [-0.4, -0.2) is 25.7 Å². The van der Waals surface area contributed by atoms with Gasteiger partial charge in [-0.2, -0.15) is 0 Å². The molecule has 2 heterocycles. The lowest BCUT2D eigenvalue weighted by molar-refractivity contribution is 0.0677. The average molecular weight is 238 g/mol. The Balaban J connectivity index is 2.48. The topological polar surface area (TPSA) is 75.3 Å². The van der Waals surface area contributed by atoms with Gasteiger partial charge in [-0.3, -0.25) is 0 Å². The molecule has 0 saturated heterocycles. The summed E-state index contributed by atoms with van der Waals surface area (Å²) in [6, 6.07) is 0. The lowest BCUT2D eigenvalue weighted by Gasteiger charge is -2.22. The fourth-order valence-corrected chi connectivity index (χ4v) is 2.36. The SMILES string of the molecule is CC(C)Cc1nc(C(=O)O)c2n1CCCC2O. The summed E-state index contributed by atoms with van der Waals surface area (Å²) in [6.45, 7) is 4.90. The van der Waals surface area contributed by atoms with Gasteiger partial charge in [-0.25, -0.2) is 9.78 Å². The minimum atomic E-state index is -1.05. The first kappa shape index (κ1) is 12.1. The summed E-state index contributed by atoms with van der Waals surface area (Å²) in [5.41, 5.74) is 0.507. The average Bonchev–Trinajstić information content (AvgIpc) is 2.58. The molecule has 5 heteroatoms. The third-order valence-corrected chi connectivity index (χ3v) is 3.05. The molecular formula is C12H18N2O3. The largest absolute Gasteiger partial charge is 0.476 e. The molecule has 0 spiro atoms. The smallest absolute Gasteiger partial charge is 0.356 e. The van der Waals surface area contributed by atoms with Gasteiger partial charge in [-0.05, 0) is 18.8 Å². The molecular weight excluding hydrogens is 220 g/mol. The number of fused-ring (bicyclic) bond motifs is 1. The lowest BCUT2D eigenvalue weighted by atomic mass is 10.0. The van der Waals surface area contributed by atoms with Crippen molar-refractivity contribution in [1.82, 2.24) is 9.55 Å². The van der Waals surface area contributed by atoms with E-state index < -0.39 is 12.1 Å². The molecule has 0 aromatic carbocycles. The summed E-state index contributed by atoms with van der Waals surface area (Å²) in [5.74, 6) is 0.151. The monoisotopic (exact) mass is 238 g/mol. The van der Waals surface area contributed by atoms with Crippen LogP contribution in [0.15, 0.2) is 0 Å². The van der Waals surface area contributed by atoms with Crippen LogP contribution >= 0.6 is 0 Å². The van der Waals surface area contributed by atoms with E-state index in [1.165, 1.54) is 0 Å². The highest BCUT2D eigenvalue weighted by Crippen LogP contribution is 2.29. The summed E-state index contributed by atoms with van der Waals surface area (Å²) in [6.07, 6.45) is 1.54. The molecule has 0 saturated carbocycles. The molecule has 0 fully saturated rings.